The minimum atomic E-state index is -3.54. The summed E-state index contributed by atoms with van der Waals surface area (Å²) in [5.41, 5.74) is 0.217. The van der Waals surface area contributed by atoms with Crippen LogP contribution in [0, 0.1) is 11.2 Å². The van der Waals surface area contributed by atoms with Gasteiger partial charge < -0.3 is 10.1 Å². The molecule has 3 rings (SSSR count). The van der Waals surface area contributed by atoms with Gasteiger partial charge in [-0.15, -0.1) is 0 Å². The Balaban J connectivity index is 1.79. The van der Waals surface area contributed by atoms with Gasteiger partial charge in [-0.05, 0) is 52.3 Å². The van der Waals surface area contributed by atoms with Crippen LogP contribution in [0.4, 0.5) is 10.1 Å². The lowest BCUT2D eigenvalue weighted by Crippen LogP contribution is -2.45. The smallest absolute Gasteiger partial charge is 0.255 e. The molecule has 0 atom stereocenters. The van der Waals surface area contributed by atoms with Crippen LogP contribution in [0.5, 0.6) is 0 Å². The van der Waals surface area contributed by atoms with Crippen molar-refractivity contribution in [2.24, 2.45) is 5.41 Å². The number of carbonyl (C=O) groups excluding carboxylic acids is 1. The topological polar surface area (TPSA) is 72.5 Å². The summed E-state index contributed by atoms with van der Waals surface area (Å²) in [6.07, 6.45) is 0. The average Bonchev–Trinajstić information content (AvgIpc) is 2.56. The summed E-state index contributed by atoms with van der Waals surface area (Å²) in [6.45, 7) is 2.68. The Morgan fingerprint density at radius 2 is 2.00 bits per heavy atom. The maximum absolute atomic E-state index is 13.3. The van der Waals surface area contributed by atoms with Gasteiger partial charge in [0.2, 0.25) is 0 Å². The van der Waals surface area contributed by atoms with Crippen LogP contribution in [0.25, 0.3) is 0 Å². The van der Waals surface area contributed by atoms with Crippen molar-refractivity contribution in [1.82, 2.24) is 0 Å². The standard InChI is InChI=1S/C18H17BrFNO4S/c1-18(9-25-10-18)11-26(23,24)14-4-2-3-12(7-14)17(22)21-13-5-6-16(20)15(19)8-13/h2-8H,9-11H2,1H3,(H,21,22). The number of anilines is 1. The quantitative estimate of drug-likeness (QED) is 0.768. The number of halogens is 2. The molecule has 26 heavy (non-hydrogen) atoms. The fraction of sp³-hybridized carbons (Fsp3) is 0.278. The first kappa shape index (κ1) is 19.0. The van der Waals surface area contributed by atoms with Gasteiger partial charge in [-0.1, -0.05) is 13.0 Å². The van der Waals surface area contributed by atoms with Crippen molar-refractivity contribution in [3.63, 3.8) is 0 Å². The zero-order valence-electron chi connectivity index (χ0n) is 14.0. The van der Waals surface area contributed by atoms with Gasteiger partial charge in [0.05, 0.1) is 28.3 Å². The Kier molecular flexibility index (Phi) is 5.18. The molecular weight excluding hydrogens is 425 g/mol. The Morgan fingerprint density at radius 3 is 2.62 bits per heavy atom. The highest BCUT2D eigenvalue weighted by molar-refractivity contribution is 9.10. The van der Waals surface area contributed by atoms with Gasteiger partial charge in [0.25, 0.3) is 5.91 Å². The normalized spacial score (nSPS) is 16.0. The van der Waals surface area contributed by atoms with Gasteiger partial charge in [0.15, 0.2) is 9.84 Å². The molecule has 0 bridgehead atoms. The Hall–Kier alpha value is -1.77. The maximum Gasteiger partial charge on any atom is 0.255 e. The van der Waals surface area contributed by atoms with Crippen LogP contribution in [0.15, 0.2) is 51.8 Å². The molecule has 8 heteroatoms. The second kappa shape index (κ2) is 7.09. The highest BCUT2D eigenvalue weighted by atomic mass is 79.9. The Bertz CT molecular complexity index is 957. The molecule has 0 aliphatic carbocycles. The predicted molar refractivity (Wildman–Crippen MR) is 99.5 cm³/mol. The number of hydrogen-bond donors (Lipinski definition) is 1. The van der Waals surface area contributed by atoms with Gasteiger partial charge >= 0.3 is 0 Å². The van der Waals surface area contributed by atoms with Crippen LogP contribution >= 0.6 is 15.9 Å². The summed E-state index contributed by atoms with van der Waals surface area (Å²) in [6, 6.07) is 9.97. The van der Waals surface area contributed by atoms with Crippen LogP contribution in [-0.2, 0) is 14.6 Å². The molecule has 0 radical (unpaired) electrons. The summed E-state index contributed by atoms with van der Waals surface area (Å²) in [5.74, 6) is -0.945. The van der Waals surface area contributed by atoms with E-state index >= 15 is 0 Å². The van der Waals surface area contributed by atoms with Crippen molar-refractivity contribution >= 4 is 37.4 Å². The minimum absolute atomic E-state index is 0.0318. The molecule has 1 heterocycles. The molecule has 0 aromatic heterocycles. The van der Waals surface area contributed by atoms with E-state index in [0.29, 0.717) is 18.9 Å². The highest BCUT2D eigenvalue weighted by Crippen LogP contribution is 2.31. The maximum atomic E-state index is 13.3. The molecule has 0 spiro atoms. The molecule has 0 unspecified atom stereocenters. The summed E-state index contributed by atoms with van der Waals surface area (Å²) < 4.78 is 43.9. The van der Waals surface area contributed by atoms with Gasteiger partial charge in [-0.3, -0.25) is 4.79 Å². The second-order valence-corrected chi connectivity index (χ2v) is 9.52. The SMILES string of the molecule is CC1(CS(=O)(=O)c2cccc(C(=O)Nc3ccc(F)c(Br)c3)c2)COC1. The van der Waals surface area contributed by atoms with E-state index in [-0.39, 0.29) is 20.7 Å². The monoisotopic (exact) mass is 441 g/mol. The summed E-state index contributed by atoms with van der Waals surface area (Å²) >= 11 is 3.05. The number of nitrogens with one attached hydrogen (secondary N) is 1. The summed E-state index contributed by atoms with van der Waals surface area (Å²) in [4.78, 5) is 12.5. The van der Waals surface area contributed by atoms with E-state index in [4.69, 9.17) is 4.74 Å². The lowest BCUT2D eigenvalue weighted by atomic mass is 9.92. The van der Waals surface area contributed by atoms with Crippen molar-refractivity contribution in [3.05, 3.63) is 58.3 Å². The molecule has 1 amide bonds. The van der Waals surface area contributed by atoms with E-state index in [1.54, 1.807) is 0 Å². The fourth-order valence-corrected chi connectivity index (χ4v) is 4.91. The molecule has 2 aromatic carbocycles. The minimum Gasteiger partial charge on any atom is -0.380 e. The second-order valence-electron chi connectivity index (χ2n) is 6.67. The molecule has 1 aliphatic rings. The van der Waals surface area contributed by atoms with E-state index in [1.165, 1.54) is 42.5 Å². The van der Waals surface area contributed by atoms with Crippen molar-refractivity contribution in [3.8, 4) is 0 Å². The first-order chi connectivity index (χ1) is 12.2. The van der Waals surface area contributed by atoms with Crippen LogP contribution < -0.4 is 5.32 Å². The fourth-order valence-electron chi connectivity index (χ4n) is 2.68. The average molecular weight is 442 g/mol. The first-order valence-electron chi connectivity index (χ1n) is 7.86. The van der Waals surface area contributed by atoms with Crippen LogP contribution in [0.1, 0.15) is 17.3 Å². The number of benzene rings is 2. The summed E-state index contributed by atoms with van der Waals surface area (Å²) in [5, 5.41) is 2.63. The van der Waals surface area contributed by atoms with E-state index in [2.05, 4.69) is 21.2 Å². The number of hydrogen-bond acceptors (Lipinski definition) is 4. The third-order valence-electron chi connectivity index (χ3n) is 4.07. The van der Waals surface area contributed by atoms with Crippen molar-refractivity contribution in [2.75, 3.05) is 24.3 Å². The molecule has 1 aliphatic heterocycles. The largest absolute Gasteiger partial charge is 0.380 e. The molecule has 0 saturated carbocycles. The Labute approximate surface area is 159 Å². The zero-order chi connectivity index (χ0) is 18.9. The number of rotatable bonds is 5. The molecule has 1 N–H and O–H groups in total. The Morgan fingerprint density at radius 1 is 1.27 bits per heavy atom. The van der Waals surface area contributed by atoms with Gasteiger partial charge in [-0.2, -0.15) is 0 Å². The number of carbonyl (C=O) groups is 1. The van der Waals surface area contributed by atoms with Crippen molar-refractivity contribution < 1.29 is 22.3 Å². The third kappa shape index (κ3) is 4.13. The number of sulfone groups is 1. The van der Waals surface area contributed by atoms with Crippen molar-refractivity contribution in [1.29, 1.82) is 0 Å². The lowest BCUT2D eigenvalue weighted by Gasteiger charge is -2.37. The molecule has 2 aromatic rings. The molecule has 1 saturated heterocycles. The third-order valence-corrected chi connectivity index (χ3v) is 6.73. The molecule has 138 valence electrons. The van der Waals surface area contributed by atoms with Crippen LogP contribution in [0.3, 0.4) is 0 Å². The zero-order valence-corrected chi connectivity index (χ0v) is 16.4. The van der Waals surface area contributed by atoms with E-state index in [1.807, 2.05) is 6.92 Å². The van der Waals surface area contributed by atoms with Crippen LogP contribution in [0.2, 0.25) is 0 Å². The molecular formula is C18H17BrFNO4S. The predicted octanol–water partition coefficient (Wildman–Crippen LogP) is 3.65. The van der Waals surface area contributed by atoms with Crippen molar-refractivity contribution in [2.45, 2.75) is 11.8 Å². The summed E-state index contributed by atoms with van der Waals surface area (Å²) in [7, 11) is -3.54. The van der Waals surface area contributed by atoms with Crippen LogP contribution in [-0.4, -0.2) is 33.3 Å². The van der Waals surface area contributed by atoms with E-state index < -0.39 is 27.0 Å². The van der Waals surface area contributed by atoms with Gasteiger partial charge in [-0.25, -0.2) is 12.8 Å². The van der Waals surface area contributed by atoms with Gasteiger partial charge in [0, 0.05) is 16.7 Å². The lowest BCUT2D eigenvalue weighted by molar-refractivity contribution is -0.0870. The molecule has 1 fully saturated rings. The highest BCUT2D eigenvalue weighted by Gasteiger charge is 2.38. The molecule has 5 nitrogen and oxygen atoms in total. The van der Waals surface area contributed by atoms with E-state index in [0.717, 1.165) is 0 Å². The van der Waals surface area contributed by atoms with Gasteiger partial charge in [0.1, 0.15) is 5.82 Å². The van der Waals surface area contributed by atoms with E-state index in [9.17, 15) is 17.6 Å². The number of amides is 1. The first-order valence-corrected chi connectivity index (χ1v) is 10.3. The number of ether oxygens (including phenoxy) is 1.